The summed E-state index contributed by atoms with van der Waals surface area (Å²) in [6, 6.07) is 0. The van der Waals surface area contributed by atoms with Crippen molar-refractivity contribution < 1.29 is 145 Å². The Morgan fingerprint density at radius 3 is 0.862 bits per heavy atom. The van der Waals surface area contributed by atoms with Gasteiger partial charge in [-0.1, -0.05) is 293 Å². The molecule has 10 saturated carbocycles. The molecule has 832 valence electrons. The minimum absolute atomic E-state index is 0.00382. The van der Waals surface area contributed by atoms with Gasteiger partial charge < -0.3 is 0 Å². The third-order valence-corrected chi connectivity index (χ3v) is 36.6. The predicted molar refractivity (Wildman–Crippen MR) is 491 cm³/mol. The molecule has 138 heavy (non-hydrogen) atoms. The van der Waals surface area contributed by atoms with Gasteiger partial charge in [0, 0.05) is 0 Å². The fourth-order valence-electron chi connectivity index (χ4n) is 20.4. The standard InChI is InChI=1S/C14H20F6.C10H19F3.C10H18.C10H22.2C9H12F6.C9H15F3.C9H17F3.C9H20.2C8H13F3/c1-10-2-4-11(5-3-10)6-8-12(9-7-11,13(15,16)17)14(18,19)20;1-7(2)8(3,4)9(5,6)10(11,12)13;1-8-7-9-3-5-10(8,2)6-4-9;1-8(2)10(6,7)9(3,4)5;1-6-2-4-7(5-3-6,8(10,11)12)9(13,14)15;1-6-4-2-3-5-7(6,8(10,11)12)9(13,14)15;1-6-4-3-5-8(7(6)2)9(10,11)12;1-6(2)7(3)8(4,5)9(10,11)12;1-7(2)8(3)9(4,5)6;1-6-2-4-7(5-3-6)8(9,10)11;1-6-3-2-4-7(5-6)8(9,10)11/h10H,2-9H2,1H3;7H,1-6H3;8-9H,3-7H2,1-2H3;8H,1-7H3;2*6H,2-5H2,1H3;6-8H,3-5H2,1-2H3;6-7H,1-5H3;7-8H,1-6H3;2*6-7H,2-5H2,1H3/t;;8-,9?,10?;;;6-;6?,7-,8?;7-;8-;;6-,7?/m..0..1111.1/s1. The van der Waals surface area contributed by atoms with Crippen molar-refractivity contribution in [3.05, 3.63) is 0 Å². The van der Waals surface area contributed by atoms with Crippen LogP contribution in [0.5, 0.6) is 0 Å². The summed E-state index contributed by atoms with van der Waals surface area (Å²) in [6.07, 6.45) is -37.3. The van der Waals surface area contributed by atoms with E-state index in [9.17, 15) is 145 Å². The van der Waals surface area contributed by atoms with Crippen molar-refractivity contribution in [1.29, 1.82) is 0 Å². The Bertz CT molecular complexity index is 3250. The molecule has 0 nitrogen and oxygen atoms in total. The first-order chi connectivity index (χ1) is 61.0. The third kappa shape index (κ3) is 39.0. The summed E-state index contributed by atoms with van der Waals surface area (Å²) in [5, 5.41) is 0. The Balaban J connectivity index is 0. The van der Waals surface area contributed by atoms with Gasteiger partial charge in [0.2, 0.25) is 0 Å². The zero-order chi connectivity index (χ0) is 110. The van der Waals surface area contributed by atoms with Gasteiger partial charge in [-0.25, -0.2) is 0 Å². The van der Waals surface area contributed by atoms with E-state index in [0.29, 0.717) is 66.6 Å². The van der Waals surface area contributed by atoms with Crippen LogP contribution in [0.1, 0.15) is 434 Å². The van der Waals surface area contributed by atoms with Crippen molar-refractivity contribution in [2.45, 2.75) is 502 Å². The zero-order valence-electron chi connectivity index (χ0n) is 89.5. The molecule has 3 unspecified atom stereocenters. The van der Waals surface area contributed by atoms with Gasteiger partial charge in [-0.3, -0.25) is 0 Å². The second kappa shape index (κ2) is 51.7. The van der Waals surface area contributed by atoms with Crippen molar-refractivity contribution in [2.75, 3.05) is 0 Å². The molecule has 0 N–H and O–H groups in total. The van der Waals surface area contributed by atoms with Gasteiger partial charge in [0.05, 0.1) is 28.6 Å². The van der Waals surface area contributed by atoms with Crippen LogP contribution in [0.3, 0.4) is 0 Å². The van der Waals surface area contributed by atoms with Crippen LogP contribution in [0, 0.1) is 166 Å². The van der Waals surface area contributed by atoms with Gasteiger partial charge in [-0.15, -0.1) is 0 Å². The largest absolute Gasteiger partial charge is 0.403 e. The molecule has 0 saturated heterocycles. The molecule has 10 aliphatic carbocycles. The van der Waals surface area contributed by atoms with E-state index in [1.54, 1.807) is 34.6 Å². The van der Waals surface area contributed by atoms with E-state index in [4.69, 9.17) is 0 Å². The number of halogens is 33. The molecule has 33 heteroatoms. The zero-order valence-corrected chi connectivity index (χ0v) is 89.5. The molecule has 0 aromatic heterocycles. The Kier molecular flexibility index (Phi) is 51.6. The summed E-state index contributed by atoms with van der Waals surface area (Å²) in [7, 11) is 0. The number of alkyl halides is 33. The second-order valence-electron chi connectivity index (χ2n) is 49.6. The minimum Gasteiger partial charge on any atom is -0.171 e. The number of hydrogen-bond acceptors (Lipinski definition) is 0. The van der Waals surface area contributed by atoms with Crippen LogP contribution in [0.25, 0.3) is 0 Å². The molecule has 2 bridgehead atoms. The Morgan fingerprint density at radius 2 is 0.630 bits per heavy atom. The number of hydrogen-bond donors (Lipinski definition) is 0. The lowest BCUT2D eigenvalue weighted by molar-refractivity contribution is -0.364. The van der Waals surface area contributed by atoms with Gasteiger partial charge in [0.25, 0.3) is 0 Å². The van der Waals surface area contributed by atoms with Crippen LogP contribution in [-0.2, 0) is 0 Å². The molecular formula is C105H181F33. The first kappa shape index (κ1) is 138. The van der Waals surface area contributed by atoms with Crippen molar-refractivity contribution in [2.24, 2.45) is 166 Å². The summed E-state index contributed by atoms with van der Waals surface area (Å²) in [5.41, 5.74) is -12.6. The average molecular weight is 2070 g/mol. The fourth-order valence-corrected chi connectivity index (χ4v) is 20.4. The molecule has 0 aromatic rings. The summed E-state index contributed by atoms with van der Waals surface area (Å²) in [4.78, 5) is 0. The van der Waals surface area contributed by atoms with Gasteiger partial charge in [-0.05, 0) is 263 Å². The molecular weight excluding hydrogens is 1890 g/mol. The Hall–Kier alpha value is -2.31. The summed E-state index contributed by atoms with van der Waals surface area (Å²) in [6.45, 7) is 64.7. The van der Waals surface area contributed by atoms with Crippen molar-refractivity contribution in [3.63, 3.8) is 0 Å². The molecule has 0 radical (unpaired) electrons. The smallest absolute Gasteiger partial charge is 0.171 e. The normalized spacial score (nSPS) is 27.3. The quantitative estimate of drug-likeness (QED) is 0.233. The Morgan fingerprint density at radius 1 is 0.268 bits per heavy atom. The summed E-state index contributed by atoms with van der Waals surface area (Å²) < 4.78 is 414. The maximum atomic E-state index is 13.0. The summed E-state index contributed by atoms with van der Waals surface area (Å²) >= 11 is 0. The third-order valence-electron chi connectivity index (χ3n) is 36.6. The average Bonchev–Trinajstić information content (AvgIpc) is 0.734. The van der Waals surface area contributed by atoms with E-state index in [-0.39, 0.29) is 85.4 Å². The maximum Gasteiger partial charge on any atom is 0.403 e. The van der Waals surface area contributed by atoms with E-state index in [0.717, 1.165) is 106 Å². The van der Waals surface area contributed by atoms with Crippen molar-refractivity contribution in [1.82, 2.24) is 0 Å². The van der Waals surface area contributed by atoms with E-state index in [1.165, 1.54) is 59.8 Å². The SMILES string of the molecule is CC(C)C(C)(C)C(C)(C)C.CC(C)C(C)(C)C(C)(C)C(F)(F)F.CC(C)[C@@H](C)C(C)(C)C.CC(C)[C@@H](C)C(C)(C)C(F)(F)F.CC1CCC(C(F)(F)F)(C(F)(F)F)CC1.CC1CCC(C(F)(F)F)CC1.CC1CCC2(CC1)CCC(C(F)(F)F)(C(F)(F)F)CC2.CC1CCCC(C(F)(F)F)[C@@H]1C.C[C@@H]1CCCC(C(F)(F)F)C1.C[C@@H]1CCCCC1(C(F)(F)F)C(F)(F)F.C[C@H]1CC2CCC1(C)CC2. The molecule has 10 rings (SSSR count). The first-order valence-electron chi connectivity index (χ1n) is 50.7. The van der Waals surface area contributed by atoms with Crippen LogP contribution in [0.15, 0.2) is 0 Å². The highest BCUT2D eigenvalue weighted by Gasteiger charge is 2.74. The van der Waals surface area contributed by atoms with Crippen molar-refractivity contribution >= 4 is 0 Å². The second-order valence-corrected chi connectivity index (χ2v) is 49.6. The minimum atomic E-state index is -5.20. The first-order valence-corrected chi connectivity index (χ1v) is 50.7. The summed E-state index contributed by atoms with van der Waals surface area (Å²) in [5.74, 6) is 1.01. The lowest BCUT2D eigenvalue weighted by atomic mass is 9.57. The predicted octanol–water partition coefficient (Wildman–Crippen LogP) is 43.2. The monoisotopic (exact) mass is 2070 g/mol. The van der Waals surface area contributed by atoms with Crippen LogP contribution in [0.4, 0.5) is 145 Å². The van der Waals surface area contributed by atoms with E-state index in [2.05, 4.69) is 111 Å². The van der Waals surface area contributed by atoms with Crippen molar-refractivity contribution in [3.8, 4) is 0 Å². The van der Waals surface area contributed by atoms with Crippen LogP contribution in [-0.4, -0.2) is 67.9 Å². The molecule has 0 aliphatic heterocycles. The lowest BCUT2D eigenvalue weighted by Crippen LogP contribution is -2.55. The molecule has 0 aromatic carbocycles. The highest BCUT2D eigenvalue weighted by Crippen LogP contribution is 2.66. The molecule has 1 spiro atoms. The lowest BCUT2D eigenvalue weighted by Gasteiger charge is -2.49. The molecule has 10 aliphatic rings. The van der Waals surface area contributed by atoms with E-state index in [1.807, 2.05) is 48.5 Å². The maximum absolute atomic E-state index is 13.0. The van der Waals surface area contributed by atoms with Crippen LogP contribution < -0.4 is 0 Å². The van der Waals surface area contributed by atoms with E-state index < -0.39 is 156 Å². The van der Waals surface area contributed by atoms with Crippen LogP contribution >= 0.6 is 0 Å². The van der Waals surface area contributed by atoms with Gasteiger partial charge in [0.15, 0.2) is 16.2 Å². The van der Waals surface area contributed by atoms with E-state index >= 15 is 0 Å². The number of fused-ring (bicyclic) bond motifs is 3. The highest BCUT2D eigenvalue weighted by molar-refractivity contribution is 5.04. The molecule has 0 heterocycles. The fraction of sp³-hybridized carbons (Fsp3) is 1.00. The topological polar surface area (TPSA) is 0 Å². The van der Waals surface area contributed by atoms with Gasteiger partial charge in [-0.2, -0.15) is 145 Å². The molecule has 9 atom stereocenters. The van der Waals surface area contributed by atoms with Gasteiger partial charge >= 0.3 is 67.9 Å². The van der Waals surface area contributed by atoms with Gasteiger partial charge in [0.1, 0.15) is 0 Å². The van der Waals surface area contributed by atoms with Crippen LogP contribution in [0.2, 0.25) is 0 Å². The molecule has 10 fully saturated rings. The number of rotatable bonds is 6. The molecule has 0 amide bonds. The Labute approximate surface area is 809 Å². The highest BCUT2D eigenvalue weighted by atomic mass is 19.5.